The van der Waals surface area contributed by atoms with E-state index in [1.54, 1.807) is 0 Å². The van der Waals surface area contributed by atoms with Crippen LogP contribution in [0.1, 0.15) is 50.6 Å². The first-order valence-corrected chi connectivity index (χ1v) is 7.58. The van der Waals surface area contributed by atoms with Crippen molar-refractivity contribution in [3.63, 3.8) is 0 Å². The SMILES string of the molecule is CCCCCC(=O)NC(CC(=O)O)c1ccc(OC(F)(F)F)cc1. The number of nitrogens with one attached hydrogen (secondary N) is 1. The molecule has 134 valence electrons. The van der Waals surface area contributed by atoms with Gasteiger partial charge in [0.15, 0.2) is 0 Å². The molecular weight excluding hydrogens is 327 g/mol. The molecule has 0 aromatic heterocycles. The van der Waals surface area contributed by atoms with E-state index >= 15 is 0 Å². The van der Waals surface area contributed by atoms with E-state index in [2.05, 4.69) is 10.1 Å². The summed E-state index contributed by atoms with van der Waals surface area (Å²) in [6, 6.07) is 3.97. The third-order valence-electron chi connectivity index (χ3n) is 3.24. The molecule has 5 nitrogen and oxygen atoms in total. The Morgan fingerprint density at radius 1 is 1.21 bits per heavy atom. The van der Waals surface area contributed by atoms with Gasteiger partial charge < -0.3 is 15.2 Å². The summed E-state index contributed by atoms with van der Waals surface area (Å²) >= 11 is 0. The highest BCUT2D eigenvalue weighted by molar-refractivity contribution is 5.77. The Morgan fingerprint density at radius 2 is 1.83 bits per heavy atom. The number of halogens is 3. The average Bonchev–Trinajstić information content (AvgIpc) is 2.45. The molecule has 1 atom stereocenters. The molecule has 8 heteroatoms. The molecule has 1 amide bonds. The zero-order valence-electron chi connectivity index (χ0n) is 13.2. The Balaban J connectivity index is 2.76. The fraction of sp³-hybridized carbons (Fsp3) is 0.500. The minimum absolute atomic E-state index is 0.277. The van der Waals surface area contributed by atoms with Gasteiger partial charge in [-0.1, -0.05) is 31.9 Å². The quantitative estimate of drug-likeness (QED) is 0.666. The summed E-state index contributed by atoms with van der Waals surface area (Å²) in [4.78, 5) is 22.8. The molecule has 0 aliphatic carbocycles. The molecule has 0 aliphatic rings. The van der Waals surface area contributed by atoms with Crippen molar-refractivity contribution < 1.29 is 32.6 Å². The molecule has 0 saturated heterocycles. The summed E-state index contributed by atoms with van der Waals surface area (Å²) in [7, 11) is 0. The van der Waals surface area contributed by atoms with Crippen molar-refractivity contribution in [1.29, 1.82) is 0 Å². The van der Waals surface area contributed by atoms with Gasteiger partial charge in [0.2, 0.25) is 5.91 Å². The maximum Gasteiger partial charge on any atom is 0.573 e. The predicted molar refractivity (Wildman–Crippen MR) is 80.4 cm³/mol. The van der Waals surface area contributed by atoms with E-state index in [1.165, 1.54) is 12.1 Å². The lowest BCUT2D eigenvalue weighted by molar-refractivity contribution is -0.274. The minimum atomic E-state index is -4.80. The van der Waals surface area contributed by atoms with Crippen LogP contribution in [0.5, 0.6) is 5.75 Å². The molecule has 0 fully saturated rings. The van der Waals surface area contributed by atoms with E-state index in [-0.39, 0.29) is 18.7 Å². The largest absolute Gasteiger partial charge is 0.573 e. The van der Waals surface area contributed by atoms with Crippen LogP contribution in [0, 0.1) is 0 Å². The van der Waals surface area contributed by atoms with Gasteiger partial charge in [-0.25, -0.2) is 0 Å². The van der Waals surface area contributed by atoms with Crippen molar-refractivity contribution >= 4 is 11.9 Å². The van der Waals surface area contributed by atoms with Gasteiger partial charge in [-0.3, -0.25) is 9.59 Å². The van der Waals surface area contributed by atoms with Crippen molar-refractivity contribution in [2.24, 2.45) is 0 Å². The van der Waals surface area contributed by atoms with E-state index in [9.17, 15) is 22.8 Å². The zero-order valence-corrected chi connectivity index (χ0v) is 13.2. The van der Waals surface area contributed by atoms with E-state index in [1.807, 2.05) is 6.92 Å². The second kappa shape index (κ2) is 9.14. The predicted octanol–water partition coefficient (Wildman–Crippen LogP) is 3.80. The highest BCUT2D eigenvalue weighted by atomic mass is 19.4. The maximum absolute atomic E-state index is 12.1. The third-order valence-corrected chi connectivity index (χ3v) is 3.24. The summed E-state index contributed by atoms with van der Waals surface area (Å²) in [5.74, 6) is -1.82. The summed E-state index contributed by atoms with van der Waals surface area (Å²) in [6.07, 6.45) is -2.35. The topological polar surface area (TPSA) is 75.6 Å². The number of ether oxygens (including phenoxy) is 1. The van der Waals surface area contributed by atoms with Crippen LogP contribution in [0.25, 0.3) is 0 Å². The highest BCUT2D eigenvalue weighted by Crippen LogP contribution is 2.25. The lowest BCUT2D eigenvalue weighted by atomic mass is 10.0. The van der Waals surface area contributed by atoms with Gasteiger partial charge in [0.25, 0.3) is 0 Å². The molecule has 0 spiro atoms. The molecule has 0 radical (unpaired) electrons. The number of alkyl halides is 3. The van der Waals surface area contributed by atoms with Crippen molar-refractivity contribution in [3.8, 4) is 5.75 Å². The number of rotatable bonds is 9. The van der Waals surface area contributed by atoms with Gasteiger partial charge in [0, 0.05) is 6.42 Å². The lowest BCUT2D eigenvalue weighted by Crippen LogP contribution is -2.30. The Morgan fingerprint density at radius 3 is 2.33 bits per heavy atom. The molecular formula is C16H20F3NO4. The molecule has 2 N–H and O–H groups in total. The molecule has 1 rings (SSSR count). The van der Waals surface area contributed by atoms with Crippen LogP contribution < -0.4 is 10.1 Å². The number of carbonyl (C=O) groups excluding carboxylic acids is 1. The van der Waals surface area contributed by atoms with Gasteiger partial charge in [-0.05, 0) is 24.1 Å². The number of unbranched alkanes of at least 4 members (excludes halogenated alkanes) is 2. The van der Waals surface area contributed by atoms with Gasteiger partial charge >= 0.3 is 12.3 Å². The van der Waals surface area contributed by atoms with Crippen LogP contribution >= 0.6 is 0 Å². The first-order chi connectivity index (χ1) is 11.2. The Bertz CT molecular complexity index is 543. The van der Waals surface area contributed by atoms with Gasteiger partial charge in [0.05, 0.1) is 12.5 Å². The first-order valence-electron chi connectivity index (χ1n) is 7.58. The number of aliphatic carboxylic acids is 1. The second-order valence-electron chi connectivity index (χ2n) is 5.29. The molecule has 0 heterocycles. The van der Waals surface area contributed by atoms with Gasteiger partial charge in [0.1, 0.15) is 5.75 Å². The summed E-state index contributed by atoms with van der Waals surface area (Å²) in [5.41, 5.74) is 0.399. The lowest BCUT2D eigenvalue weighted by Gasteiger charge is -2.18. The smallest absolute Gasteiger partial charge is 0.481 e. The molecule has 0 aliphatic heterocycles. The first kappa shape index (κ1) is 19.8. The van der Waals surface area contributed by atoms with E-state index < -0.39 is 24.1 Å². The van der Waals surface area contributed by atoms with Crippen LogP contribution in [0.3, 0.4) is 0 Å². The standard InChI is InChI=1S/C16H20F3NO4/c1-2-3-4-5-14(21)20-13(10-15(22)23)11-6-8-12(9-7-11)24-16(17,18)19/h6-9,13H,2-5,10H2,1H3,(H,20,21)(H,22,23). The Labute approximate surface area is 137 Å². The van der Waals surface area contributed by atoms with E-state index in [0.29, 0.717) is 12.0 Å². The average molecular weight is 347 g/mol. The number of hydrogen-bond donors (Lipinski definition) is 2. The summed E-state index contributed by atoms with van der Waals surface area (Å²) in [6.45, 7) is 2.00. The molecule has 24 heavy (non-hydrogen) atoms. The van der Waals surface area contributed by atoms with Crippen molar-refractivity contribution in [1.82, 2.24) is 5.32 Å². The number of benzene rings is 1. The van der Waals surface area contributed by atoms with Crippen LogP contribution in [0.4, 0.5) is 13.2 Å². The number of carbonyl (C=O) groups is 2. The van der Waals surface area contributed by atoms with Crippen LogP contribution in [-0.4, -0.2) is 23.3 Å². The monoisotopic (exact) mass is 347 g/mol. The number of carboxylic acids is 1. The van der Waals surface area contributed by atoms with Gasteiger partial charge in [-0.2, -0.15) is 0 Å². The Hall–Kier alpha value is -2.25. The zero-order chi connectivity index (χ0) is 18.2. The van der Waals surface area contributed by atoms with E-state index in [0.717, 1.165) is 25.0 Å². The summed E-state index contributed by atoms with van der Waals surface area (Å²) < 4.78 is 40.2. The Kier molecular flexibility index (Phi) is 7.54. The van der Waals surface area contributed by atoms with E-state index in [4.69, 9.17) is 5.11 Å². The normalized spacial score (nSPS) is 12.5. The number of amides is 1. The third kappa shape index (κ3) is 7.85. The molecule has 1 aromatic carbocycles. The molecule has 1 unspecified atom stereocenters. The fourth-order valence-corrected chi connectivity index (χ4v) is 2.13. The second-order valence-corrected chi connectivity index (χ2v) is 5.29. The van der Waals surface area contributed by atoms with Gasteiger partial charge in [-0.15, -0.1) is 13.2 Å². The van der Waals surface area contributed by atoms with Crippen molar-refractivity contribution in [2.45, 2.75) is 51.4 Å². The van der Waals surface area contributed by atoms with Crippen LogP contribution in [-0.2, 0) is 9.59 Å². The van der Waals surface area contributed by atoms with Crippen molar-refractivity contribution in [3.05, 3.63) is 29.8 Å². The maximum atomic E-state index is 12.1. The number of hydrogen-bond acceptors (Lipinski definition) is 3. The number of carboxylic acid groups (broad SMARTS) is 1. The van der Waals surface area contributed by atoms with Crippen molar-refractivity contribution in [2.75, 3.05) is 0 Å². The minimum Gasteiger partial charge on any atom is -0.481 e. The molecule has 0 saturated carbocycles. The fourth-order valence-electron chi connectivity index (χ4n) is 2.13. The van der Waals surface area contributed by atoms with Crippen LogP contribution in [0.2, 0.25) is 0 Å². The molecule has 1 aromatic rings. The summed E-state index contributed by atoms with van der Waals surface area (Å²) in [5, 5.41) is 11.6. The highest BCUT2D eigenvalue weighted by Gasteiger charge is 2.31. The van der Waals surface area contributed by atoms with Crippen LogP contribution in [0.15, 0.2) is 24.3 Å². The molecule has 0 bridgehead atoms.